The summed E-state index contributed by atoms with van der Waals surface area (Å²) in [6, 6.07) is 0. The van der Waals surface area contributed by atoms with Crippen LogP contribution in [0, 0.1) is 0 Å². The molecule has 0 aliphatic carbocycles. The molecule has 0 aliphatic heterocycles. The molecule has 180 valence electrons. The molecule has 0 amide bonds. The Morgan fingerprint density at radius 1 is 0.379 bits per heavy atom. The first kappa shape index (κ1) is 51.8. The van der Waals surface area contributed by atoms with Crippen LogP contribution in [-0.2, 0) is 65.9 Å². The maximum Gasteiger partial charge on any atom is 3.00 e. The molecule has 0 unspecified atom stereocenters. The fourth-order valence-electron chi connectivity index (χ4n) is 0. The molecule has 29 heavy (non-hydrogen) atoms. The molecule has 2 radical (unpaired) electrons. The molecule has 0 aromatic carbocycles. The minimum absolute atomic E-state index is 0. The van der Waals surface area contributed by atoms with Gasteiger partial charge < -0.3 is 61.7 Å². The summed E-state index contributed by atoms with van der Waals surface area (Å²) in [5.74, 6) is 0. The molecular formula is C6H24Cr2N6O12S3. The number of hydrogen-bond acceptors (Lipinski definition) is 18. The molecule has 0 spiro atoms. The Morgan fingerprint density at radius 3 is 0.414 bits per heavy atom. The van der Waals surface area contributed by atoms with Gasteiger partial charge in [0, 0.05) is 70.5 Å². The minimum atomic E-state index is -5.17. The monoisotopic (exact) mass is 572 g/mol. The second-order valence-corrected chi connectivity index (χ2v) is 5.41. The summed E-state index contributed by atoms with van der Waals surface area (Å²) in [6.45, 7) is 3.58. The predicted octanol–water partition coefficient (Wildman–Crippen LogP) is -7.31. The van der Waals surface area contributed by atoms with Crippen molar-refractivity contribution in [3.8, 4) is 0 Å². The molecule has 12 N–H and O–H groups in total. The molecular weight excluding hydrogens is 548 g/mol. The Bertz CT molecular complexity index is 450. The van der Waals surface area contributed by atoms with Crippen LogP contribution in [0.3, 0.4) is 0 Å². The van der Waals surface area contributed by atoms with Gasteiger partial charge in [0.05, 0.1) is 0 Å². The van der Waals surface area contributed by atoms with E-state index in [1.165, 1.54) is 0 Å². The van der Waals surface area contributed by atoms with Gasteiger partial charge in [-0.05, 0) is 0 Å². The summed E-state index contributed by atoms with van der Waals surface area (Å²) in [5, 5.41) is 0. The zero-order valence-corrected chi connectivity index (χ0v) is 19.6. The van der Waals surface area contributed by atoms with Crippen molar-refractivity contribution in [3.63, 3.8) is 0 Å². The first-order valence-corrected chi connectivity index (χ1v) is 9.95. The van der Waals surface area contributed by atoms with Crippen LogP contribution >= 0.6 is 0 Å². The van der Waals surface area contributed by atoms with Gasteiger partial charge in [-0.2, -0.15) is 0 Å². The van der Waals surface area contributed by atoms with E-state index in [0.29, 0.717) is 39.3 Å². The maximum absolute atomic E-state index is 8.52. The quantitative estimate of drug-likeness (QED) is 0.135. The molecule has 0 fully saturated rings. The summed E-state index contributed by atoms with van der Waals surface area (Å²) in [7, 11) is -15.5. The molecule has 18 nitrogen and oxygen atoms in total. The first-order valence-electron chi connectivity index (χ1n) is 5.95. The number of hydrogen-bond donors (Lipinski definition) is 6. The summed E-state index contributed by atoms with van der Waals surface area (Å²) in [6.07, 6.45) is 0. The van der Waals surface area contributed by atoms with E-state index in [2.05, 4.69) is 0 Å². The Kier molecular flexibility index (Phi) is 64.0. The van der Waals surface area contributed by atoms with Gasteiger partial charge in [-0.1, -0.05) is 0 Å². The molecule has 0 bridgehead atoms. The maximum atomic E-state index is 8.52. The summed E-state index contributed by atoms with van der Waals surface area (Å²) < 4.78 is 102. The van der Waals surface area contributed by atoms with Crippen LogP contribution in [0.15, 0.2) is 0 Å². The Labute approximate surface area is 191 Å². The van der Waals surface area contributed by atoms with Gasteiger partial charge in [0.15, 0.2) is 0 Å². The van der Waals surface area contributed by atoms with Crippen LogP contribution in [0.2, 0.25) is 0 Å². The van der Waals surface area contributed by atoms with Crippen molar-refractivity contribution in [1.82, 2.24) is 0 Å². The van der Waals surface area contributed by atoms with Crippen molar-refractivity contribution in [3.05, 3.63) is 0 Å². The van der Waals surface area contributed by atoms with Gasteiger partial charge >= 0.3 is 34.7 Å². The van der Waals surface area contributed by atoms with Crippen LogP contribution in [-0.4, -0.2) is 91.8 Å². The molecule has 0 aliphatic rings. The van der Waals surface area contributed by atoms with E-state index in [0.717, 1.165) is 0 Å². The third-order valence-electron chi connectivity index (χ3n) is 0.500. The largest absolute Gasteiger partial charge is 3.00 e. The van der Waals surface area contributed by atoms with E-state index in [1.54, 1.807) is 0 Å². The standard InChI is InChI=1S/3C2H8N2.2Cr.3H2O4S/c3*3-1-2-4;;;3*1-5(2,3)4/h3*1-4H2;;;3*(H2,1,2,3,4)/q;;;2*+3;;;/p-6. The molecule has 23 heteroatoms. The Hall–Kier alpha value is 0.435. The normalized spacial score (nSPS) is 9.10. The van der Waals surface area contributed by atoms with E-state index in [1.807, 2.05) is 0 Å². The van der Waals surface area contributed by atoms with Crippen LogP contribution < -0.4 is 34.4 Å². The molecule has 0 aromatic heterocycles. The fraction of sp³-hybridized carbons (Fsp3) is 1.00. The average molecular weight is 572 g/mol. The van der Waals surface area contributed by atoms with Crippen LogP contribution in [0.5, 0.6) is 0 Å². The van der Waals surface area contributed by atoms with Gasteiger partial charge in [0.25, 0.3) is 0 Å². The van der Waals surface area contributed by atoms with Gasteiger partial charge in [-0.15, -0.1) is 0 Å². The van der Waals surface area contributed by atoms with Crippen LogP contribution in [0.25, 0.3) is 0 Å². The average Bonchev–Trinajstić information content (AvgIpc) is 2.42. The third-order valence-corrected chi connectivity index (χ3v) is 0.500. The molecule has 0 rings (SSSR count). The summed E-state index contributed by atoms with van der Waals surface area (Å²) in [5.41, 5.74) is 29.4. The minimum Gasteiger partial charge on any atom is -0.759 e. The Morgan fingerprint density at radius 2 is 0.414 bits per heavy atom. The van der Waals surface area contributed by atoms with E-state index in [9.17, 15) is 0 Å². The van der Waals surface area contributed by atoms with Crippen molar-refractivity contribution in [1.29, 1.82) is 0 Å². The topological polar surface area (TPSA) is 397 Å². The van der Waals surface area contributed by atoms with E-state index in [-0.39, 0.29) is 34.7 Å². The zero-order chi connectivity index (χ0) is 23.7. The number of rotatable bonds is 3. The summed E-state index contributed by atoms with van der Waals surface area (Å²) in [4.78, 5) is 0. The van der Waals surface area contributed by atoms with Crippen LogP contribution in [0.4, 0.5) is 0 Å². The molecule has 0 saturated carbocycles. The van der Waals surface area contributed by atoms with Gasteiger partial charge in [-0.25, -0.2) is 0 Å². The molecule has 0 saturated heterocycles. The van der Waals surface area contributed by atoms with Gasteiger partial charge in [-0.3, -0.25) is 25.3 Å². The smallest absolute Gasteiger partial charge is 0.759 e. The van der Waals surface area contributed by atoms with Crippen molar-refractivity contribution in [2.24, 2.45) is 34.4 Å². The second-order valence-electron chi connectivity index (χ2n) is 2.96. The third kappa shape index (κ3) is 1680. The fourth-order valence-corrected chi connectivity index (χ4v) is 0. The predicted molar refractivity (Wildman–Crippen MR) is 85.8 cm³/mol. The van der Waals surface area contributed by atoms with Crippen molar-refractivity contribution in [2.75, 3.05) is 39.3 Å². The van der Waals surface area contributed by atoms with Crippen LogP contribution in [0.1, 0.15) is 0 Å². The van der Waals surface area contributed by atoms with Crippen molar-refractivity contribution in [2.45, 2.75) is 0 Å². The Balaban J connectivity index is -0.0000000301. The summed E-state index contributed by atoms with van der Waals surface area (Å²) >= 11 is 0. The molecule has 0 aromatic rings. The number of nitrogens with two attached hydrogens (primary N) is 6. The van der Waals surface area contributed by atoms with E-state index in [4.69, 9.17) is 87.0 Å². The van der Waals surface area contributed by atoms with Gasteiger partial charge in [0.2, 0.25) is 0 Å². The second kappa shape index (κ2) is 35.8. The molecule has 0 atom stereocenters. The van der Waals surface area contributed by atoms with E-state index < -0.39 is 31.2 Å². The first-order chi connectivity index (χ1) is 11.7. The molecule has 0 heterocycles. The van der Waals surface area contributed by atoms with Crippen molar-refractivity contribution < 1.29 is 87.3 Å². The van der Waals surface area contributed by atoms with E-state index >= 15 is 0 Å². The van der Waals surface area contributed by atoms with Gasteiger partial charge in [0.1, 0.15) is 0 Å². The SMILES string of the molecule is NCCN.NCCN.NCCN.O=S(=O)([O-])[O-].O=S(=O)([O-])[O-].O=S(=O)([O-])[O-].[Cr+3].[Cr+3]. The van der Waals surface area contributed by atoms with Crippen molar-refractivity contribution >= 4 is 31.2 Å². The zero-order valence-electron chi connectivity index (χ0n) is 14.6.